The number of benzene rings is 1. The molecule has 1 fully saturated rings. The number of nitrogens with zero attached hydrogens (tertiary/aromatic N) is 2. The molecule has 1 heterocycles. The highest BCUT2D eigenvalue weighted by atomic mass is 32.2. The minimum absolute atomic E-state index is 0.0293. The van der Waals surface area contributed by atoms with Gasteiger partial charge in [-0.25, -0.2) is 8.42 Å². The summed E-state index contributed by atoms with van der Waals surface area (Å²) in [6, 6.07) is 3.97. The van der Waals surface area contributed by atoms with E-state index in [9.17, 15) is 23.3 Å². The minimum atomic E-state index is -3.89. The molecule has 1 N–H and O–H groups in total. The Labute approximate surface area is 147 Å². The zero-order chi connectivity index (χ0) is 18.6. The van der Waals surface area contributed by atoms with Gasteiger partial charge in [0.1, 0.15) is 6.04 Å². The van der Waals surface area contributed by atoms with E-state index in [1.807, 2.05) is 13.8 Å². The molecule has 9 heteroatoms. The summed E-state index contributed by atoms with van der Waals surface area (Å²) in [6.45, 7) is 4.07. The Kier molecular flexibility index (Phi) is 6.12. The summed E-state index contributed by atoms with van der Waals surface area (Å²) in [7, 11) is -3.89. The molecule has 1 aromatic carbocycles. The molecule has 8 nitrogen and oxygen atoms in total. The highest BCUT2D eigenvalue weighted by Crippen LogP contribution is 2.26. The predicted molar refractivity (Wildman–Crippen MR) is 92.5 cm³/mol. The van der Waals surface area contributed by atoms with Crippen LogP contribution in [0.15, 0.2) is 29.2 Å². The summed E-state index contributed by atoms with van der Waals surface area (Å²) in [6.07, 6.45) is 2.69. The van der Waals surface area contributed by atoms with Crippen LogP contribution in [0.25, 0.3) is 0 Å². The monoisotopic (exact) mass is 369 g/mol. The van der Waals surface area contributed by atoms with Crippen molar-refractivity contribution in [1.29, 1.82) is 0 Å². The Hall–Kier alpha value is -2.00. The third-order valence-corrected chi connectivity index (χ3v) is 6.33. The number of piperidine rings is 1. The maximum absolute atomic E-state index is 12.9. The molecule has 0 spiro atoms. The molecule has 0 aromatic heterocycles. The van der Waals surface area contributed by atoms with Crippen molar-refractivity contribution < 1.29 is 18.1 Å². The molecule has 2 rings (SSSR count). The van der Waals surface area contributed by atoms with Crippen LogP contribution < -0.4 is 5.32 Å². The molecule has 0 radical (unpaired) electrons. The zero-order valence-electron chi connectivity index (χ0n) is 14.3. The first-order valence-electron chi connectivity index (χ1n) is 8.34. The second-order valence-corrected chi connectivity index (χ2v) is 8.09. The van der Waals surface area contributed by atoms with E-state index in [4.69, 9.17) is 0 Å². The van der Waals surface area contributed by atoms with Crippen molar-refractivity contribution in [2.75, 3.05) is 6.54 Å². The first kappa shape index (κ1) is 19.3. The second kappa shape index (κ2) is 7.92. The molecular formula is C16H23N3O5S. The molecule has 1 saturated heterocycles. The van der Waals surface area contributed by atoms with Crippen molar-refractivity contribution in [2.24, 2.45) is 0 Å². The number of hydrogen-bond acceptors (Lipinski definition) is 5. The van der Waals surface area contributed by atoms with E-state index >= 15 is 0 Å². The van der Waals surface area contributed by atoms with Crippen LogP contribution in [0.4, 0.5) is 5.69 Å². The lowest BCUT2D eigenvalue weighted by molar-refractivity contribution is -0.384. The van der Waals surface area contributed by atoms with Gasteiger partial charge in [-0.1, -0.05) is 13.3 Å². The average Bonchev–Trinajstić information content (AvgIpc) is 2.61. The fourth-order valence-corrected chi connectivity index (χ4v) is 4.43. The molecule has 1 amide bonds. The van der Waals surface area contributed by atoms with E-state index in [-0.39, 0.29) is 29.1 Å². The van der Waals surface area contributed by atoms with Crippen LogP contribution in [0.5, 0.6) is 0 Å². The van der Waals surface area contributed by atoms with Crippen molar-refractivity contribution in [3.05, 3.63) is 34.4 Å². The van der Waals surface area contributed by atoms with E-state index < -0.39 is 21.0 Å². The maximum atomic E-state index is 12.9. The number of nitro groups is 1. The number of hydrogen-bond donors (Lipinski definition) is 1. The van der Waals surface area contributed by atoms with Crippen LogP contribution in [-0.2, 0) is 14.8 Å². The van der Waals surface area contributed by atoms with E-state index in [0.29, 0.717) is 12.8 Å². The van der Waals surface area contributed by atoms with Gasteiger partial charge in [0.25, 0.3) is 5.69 Å². The van der Waals surface area contributed by atoms with Gasteiger partial charge in [-0.15, -0.1) is 0 Å². The van der Waals surface area contributed by atoms with Gasteiger partial charge in [0.2, 0.25) is 15.9 Å². The molecule has 2 unspecified atom stereocenters. The predicted octanol–water partition coefficient (Wildman–Crippen LogP) is 2.05. The van der Waals surface area contributed by atoms with Crippen LogP contribution in [0.3, 0.4) is 0 Å². The third kappa shape index (κ3) is 4.35. The van der Waals surface area contributed by atoms with Gasteiger partial charge >= 0.3 is 0 Å². The molecule has 1 aromatic rings. The minimum Gasteiger partial charge on any atom is -0.352 e. The normalized spacial score (nSPS) is 20.0. The lowest BCUT2D eigenvalue weighted by Crippen LogP contribution is -2.53. The summed E-state index contributed by atoms with van der Waals surface area (Å²) in [5.41, 5.74) is -0.177. The molecule has 2 atom stereocenters. The fourth-order valence-electron chi connectivity index (χ4n) is 2.77. The number of rotatable bonds is 6. The number of carbonyl (C=O) groups excluding carboxylic acids is 1. The highest BCUT2D eigenvalue weighted by Gasteiger charge is 2.37. The van der Waals surface area contributed by atoms with Crippen LogP contribution in [-0.4, -0.2) is 42.2 Å². The lowest BCUT2D eigenvalue weighted by Gasteiger charge is -2.34. The number of non-ortho nitro benzene ring substituents is 1. The van der Waals surface area contributed by atoms with Crippen LogP contribution >= 0.6 is 0 Å². The first-order valence-corrected chi connectivity index (χ1v) is 9.78. The Morgan fingerprint density at radius 3 is 2.56 bits per heavy atom. The largest absolute Gasteiger partial charge is 0.352 e. The molecule has 25 heavy (non-hydrogen) atoms. The average molecular weight is 369 g/mol. The lowest BCUT2D eigenvalue weighted by atomic mass is 10.0. The molecule has 0 bridgehead atoms. The Bertz CT molecular complexity index is 733. The fraction of sp³-hybridized carbons (Fsp3) is 0.562. The summed E-state index contributed by atoms with van der Waals surface area (Å²) < 4.78 is 27.0. The van der Waals surface area contributed by atoms with Gasteiger partial charge < -0.3 is 5.32 Å². The van der Waals surface area contributed by atoms with Gasteiger partial charge in [-0.3, -0.25) is 14.9 Å². The van der Waals surface area contributed by atoms with Crippen LogP contribution in [0.1, 0.15) is 39.5 Å². The Balaban J connectivity index is 2.28. The number of nitrogens with one attached hydrogen (secondary N) is 1. The standard InChI is InChI=1S/C16H23N3O5S/c1-3-12(2)17-16(20)15-6-4-5-11-18(15)25(23,24)14-9-7-13(8-10-14)19(21)22/h7-10,12,15H,3-6,11H2,1-2H3,(H,17,20). The van der Waals surface area contributed by atoms with Crippen molar-refractivity contribution in [3.63, 3.8) is 0 Å². The molecule has 0 aliphatic carbocycles. The van der Waals surface area contributed by atoms with Crippen molar-refractivity contribution >= 4 is 21.6 Å². The number of amides is 1. The van der Waals surface area contributed by atoms with E-state index in [1.165, 1.54) is 16.4 Å². The number of carbonyl (C=O) groups is 1. The zero-order valence-corrected chi connectivity index (χ0v) is 15.2. The SMILES string of the molecule is CCC(C)NC(=O)C1CCCCN1S(=O)(=O)c1ccc([N+](=O)[O-])cc1. The van der Waals surface area contributed by atoms with Gasteiger partial charge in [-0.2, -0.15) is 4.31 Å². The Morgan fingerprint density at radius 2 is 2.00 bits per heavy atom. The first-order chi connectivity index (χ1) is 11.8. The summed E-state index contributed by atoms with van der Waals surface area (Å²) in [4.78, 5) is 22.6. The highest BCUT2D eigenvalue weighted by molar-refractivity contribution is 7.89. The van der Waals surface area contributed by atoms with Crippen molar-refractivity contribution in [2.45, 2.75) is 56.5 Å². The maximum Gasteiger partial charge on any atom is 0.269 e. The Morgan fingerprint density at radius 1 is 1.36 bits per heavy atom. The summed E-state index contributed by atoms with van der Waals surface area (Å²) >= 11 is 0. The van der Waals surface area contributed by atoms with E-state index in [1.54, 1.807) is 0 Å². The van der Waals surface area contributed by atoms with E-state index in [2.05, 4.69) is 5.32 Å². The molecule has 138 valence electrons. The molecule has 0 saturated carbocycles. The van der Waals surface area contributed by atoms with Gasteiger partial charge in [0.05, 0.1) is 9.82 Å². The number of sulfonamides is 1. The quantitative estimate of drug-likeness (QED) is 0.609. The van der Waals surface area contributed by atoms with Crippen LogP contribution in [0.2, 0.25) is 0 Å². The third-order valence-electron chi connectivity index (χ3n) is 4.41. The van der Waals surface area contributed by atoms with Gasteiger partial charge in [0, 0.05) is 24.7 Å². The molecule has 1 aliphatic heterocycles. The summed E-state index contributed by atoms with van der Waals surface area (Å²) in [5.74, 6) is -0.292. The summed E-state index contributed by atoms with van der Waals surface area (Å²) in [5, 5.41) is 13.6. The van der Waals surface area contributed by atoms with Crippen molar-refractivity contribution in [3.8, 4) is 0 Å². The van der Waals surface area contributed by atoms with Gasteiger partial charge in [0.15, 0.2) is 0 Å². The van der Waals surface area contributed by atoms with E-state index in [0.717, 1.165) is 25.0 Å². The second-order valence-electron chi connectivity index (χ2n) is 6.20. The van der Waals surface area contributed by atoms with Crippen molar-refractivity contribution in [1.82, 2.24) is 9.62 Å². The number of nitro benzene ring substituents is 1. The topological polar surface area (TPSA) is 110 Å². The van der Waals surface area contributed by atoms with Crippen LogP contribution in [0, 0.1) is 10.1 Å². The molecular weight excluding hydrogens is 346 g/mol. The van der Waals surface area contributed by atoms with Gasteiger partial charge in [-0.05, 0) is 38.3 Å². The molecule has 1 aliphatic rings. The smallest absolute Gasteiger partial charge is 0.269 e.